The van der Waals surface area contributed by atoms with Gasteiger partial charge < -0.3 is 0 Å². The molecular weight excluding hydrogens is 368 g/mol. The van der Waals surface area contributed by atoms with Crippen LogP contribution in [0.5, 0.6) is 0 Å². The van der Waals surface area contributed by atoms with E-state index in [1.54, 1.807) is 21.8 Å². The molecule has 0 atom stereocenters. The number of halogens is 1. The number of anilines is 1. The molecule has 0 bridgehead atoms. The second kappa shape index (κ2) is 7.27. The van der Waals surface area contributed by atoms with Crippen molar-refractivity contribution >= 4 is 44.2 Å². The van der Waals surface area contributed by atoms with Crippen LogP contribution in [0.3, 0.4) is 0 Å². The van der Waals surface area contributed by atoms with E-state index in [1.807, 2.05) is 54.7 Å². The van der Waals surface area contributed by atoms with Crippen molar-refractivity contribution in [2.24, 2.45) is 0 Å². The molecule has 4 rings (SSSR count). The lowest BCUT2D eigenvalue weighted by Gasteiger charge is -2.20. The molecule has 0 unspecified atom stereocenters. The average Bonchev–Trinajstić information content (AvgIpc) is 3.33. The maximum absolute atomic E-state index is 13.1. The van der Waals surface area contributed by atoms with E-state index in [0.29, 0.717) is 28.8 Å². The standard InChI is InChI=1S/C19H15ClN4OS/c20-15-8-4-9-16-17(15)22-19(26-16)24(13-12-23-11-5-10-21-23)18(25)14-6-2-1-3-7-14/h1-11H,12-13H2. The minimum Gasteiger partial charge on any atom is -0.282 e. The molecular formula is C19H15ClN4OS. The largest absolute Gasteiger partial charge is 0.282 e. The van der Waals surface area contributed by atoms with E-state index in [1.165, 1.54) is 11.3 Å². The van der Waals surface area contributed by atoms with E-state index < -0.39 is 0 Å². The summed E-state index contributed by atoms with van der Waals surface area (Å²) in [6, 6.07) is 16.7. The summed E-state index contributed by atoms with van der Waals surface area (Å²) in [4.78, 5) is 19.4. The van der Waals surface area contributed by atoms with Crippen LogP contribution in [0.4, 0.5) is 5.13 Å². The first-order valence-electron chi connectivity index (χ1n) is 8.12. The van der Waals surface area contributed by atoms with Gasteiger partial charge in [0.25, 0.3) is 5.91 Å². The minimum atomic E-state index is -0.0899. The van der Waals surface area contributed by atoms with Gasteiger partial charge in [0, 0.05) is 24.5 Å². The highest BCUT2D eigenvalue weighted by Gasteiger charge is 2.21. The Hall–Kier alpha value is -2.70. The highest BCUT2D eigenvalue weighted by molar-refractivity contribution is 7.22. The van der Waals surface area contributed by atoms with Gasteiger partial charge in [-0.1, -0.05) is 47.2 Å². The molecule has 0 aliphatic rings. The SMILES string of the molecule is O=C(c1ccccc1)N(CCn1cccn1)c1nc2c(Cl)cccc2s1. The summed E-state index contributed by atoms with van der Waals surface area (Å²) >= 11 is 7.72. The molecule has 2 aromatic carbocycles. The van der Waals surface area contributed by atoms with Crippen LogP contribution in [0.1, 0.15) is 10.4 Å². The van der Waals surface area contributed by atoms with Crippen molar-refractivity contribution < 1.29 is 4.79 Å². The highest BCUT2D eigenvalue weighted by Crippen LogP contribution is 2.33. The fraction of sp³-hybridized carbons (Fsp3) is 0.105. The van der Waals surface area contributed by atoms with Gasteiger partial charge in [-0.25, -0.2) is 4.98 Å². The molecule has 7 heteroatoms. The quantitative estimate of drug-likeness (QED) is 0.511. The van der Waals surface area contributed by atoms with Gasteiger partial charge in [0.15, 0.2) is 5.13 Å². The number of carbonyl (C=O) groups excluding carboxylic acids is 1. The van der Waals surface area contributed by atoms with Crippen LogP contribution in [0, 0.1) is 0 Å². The summed E-state index contributed by atoms with van der Waals surface area (Å²) in [5, 5.41) is 5.43. The number of para-hydroxylation sites is 1. The summed E-state index contributed by atoms with van der Waals surface area (Å²) in [6.45, 7) is 1.04. The number of amides is 1. The number of hydrogen-bond donors (Lipinski definition) is 0. The summed E-state index contributed by atoms with van der Waals surface area (Å²) in [5.41, 5.74) is 1.34. The maximum atomic E-state index is 13.1. The molecule has 0 saturated carbocycles. The van der Waals surface area contributed by atoms with Crippen molar-refractivity contribution in [3.63, 3.8) is 0 Å². The average molecular weight is 383 g/mol. The van der Waals surface area contributed by atoms with Crippen molar-refractivity contribution in [2.75, 3.05) is 11.4 Å². The van der Waals surface area contributed by atoms with Crippen LogP contribution in [0.2, 0.25) is 5.02 Å². The van der Waals surface area contributed by atoms with E-state index in [-0.39, 0.29) is 5.91 Å². The van der Waals surface area contributed by atoms with E-state index in [9.17, 15) is 4.79 Å². The molecule has 26 heavy (non-hydrogen) atoms. The Bertz CT molecular complexity index is 1030. The molecule has 0 saturated heterocycles. The maximum Gasteiger partial charge on any atom is 0.260 e. The van der Waals surface area contributed by atoms with Gasteiger partial charge in [-0.3, -0.25) is 14.4 Å². The topological polar surface area (TPSA) is 51.0 Å². The number of carbonyl (C=O) groups is 1. The second-order valence-electron chi connectivity index (χ2n) is 5.67. The lowest BCUT2D eigenvalue weighted by Crippen LogP contribution is -2.34. The molecule has 0 fully saturated rings. The third kappa shape index (κ3) is 3.34. The van der Waals surface area contributed by atoms with Gasteiger partial charge in [0.1, 0.15) is 5.52 Å². The van der Waals surface area contributed by atoms with Crippen LogP contribution in [0.15, 0.2) is 67.0 Å². The molecule has 0 aliphatic heterocycles. The lowest BCUT2D eigenvalue weighted by molar-refractivity contribution is 0.0986. The van der Waals surface area contributed by atoms with Crippen molar-refractivity contribution in [1.82, 2.24) is 14.8 Å². The molecule has 2 heterocycles. The number of benzene rings is 2. The molecule has 0 radical (unpaired) electrons. The predicted octanol–water partition coefficient (Wildman–Crippen LogP) is 4.49. The molecule has 5 nitrogen and oxygen atoms in total. The zero-order valence-corrected chi connectivity index (χ0v) is 15.3. The van der Waals surface area contributed by atoms with Crippen LogP contribution in [0.25, 0.3) is 10.2 Å². The van der Waals surface area contributed by atoms with Crippen molar-refractivity contribution in [1.29, 1.82) is 0 Å². The van der Waals surface area contributed by atoms with Crippen LogP contribution >= 0.6 is 22.9 Å². The number of rotatable bonds is 5. The van der Waals surface area contributed by atoms with Crippen LogP contribution in [-0.4, -0.2) is 27.2 Å². The third-order valence-corrected chi connectivity index (χ3v) is 5.32. The second-order valence-corrected chi connectivity index (χ2v) is 7.09. The molecule has 4 aromatic rings. The zero-order chi connectivity index (χ0) is 17.9. The Balaban J connectivity index is 1.70. The summed E-state index contributed by atoms with van der Waals surface area (Å²) in [7, 11) is 0. The first-order chi connectivity index (χ1) is 12.7. The Morgan fingerprint density at radius 2 is 1.96 bits per heavy atom. The molecule has 130 valence electrons. The summed E-state index contributed by atoms with van der Waals surface area (Å²) in [6.07, 6.45) is 3.60. The molecule has 1 amide bonds. The van der Waals surface area contributed by atoms with Crippen molar-refractivity contribution in [2.45, 2.75) is 6.54 Å². The Morgan fingerprint density at radius 1 is 1.12 bits per heavy atom. The predicted molar refractivity (Wildman–Crippen MR) is 105 cm³/mol. The fourth-order valence-electron chi connectivity index (χ4n) is 2.67. The Kier molecular flexibility index (Phi) is 4.69. The van der Waals surface area contributed by atoms with Gasteiger partial charge in [0.05, 0.1) is 16.3 Å². The van der Waals surface area contributed by atoms with Crippen LogP contribution in [-0.2, 0) is 6.54 Å². The number of aromatic nitrogens is 3. The Labute approximate surface area is 159 Å². The van der Waals surface area contributed by atoms with Crippen molar-refractivity contribution in [3.05, 3.63) is 77.6 Å². The first kappa shape index (κ1) is 16.8. The smallest absolute Gasteiger partial charge is 0.260 e. The molecule has 0 N–H and O–H groups in total. The van der Waals surface area contributed by atoms with E-state index in [2.05, 4.69) is 10.1 Å². The van der Waals surface area contributed by atoms with Gasteiger partial charge in [-0.05, 0) is 30.3 Å². The van der Waals surface area contributed by atoms with Gasteiger partial charge >= 0.3 is 0 Å². The normalized spacial score (nSPS) is 11.0. The van der Waals surface area contributed by atoms with Crippen LogP contribution < -0.4 is 4.90 Å². The number of hydrogen-bond acceptors (Lipinski definition) is 4. The molecule has 2 aromatic heterocycles. The van der Waals surface area contributed by atoms with Gasteiger partial charge in [-0.15, -0.1) is 0 Å². The number of thiazole rings is 1. The fourth-order valence-corrected chi connectivity index (χ4v) is 3.96. The van der Waals surface area contributed by atoms with Gasteiger partial charge in [-0.2, -0.15) is 5.10 Å². The number of nitrogens with zero attached hydrogens (tertiary/aromatic N) is 4. The van der Waals surface area contributed by atoms with Crippen molar-refractivity contribution in [3.8, 4) is 0 Å². The summed E-state index contributed by atoms with van der Waals surface area (Å²) in [5.74, 6) is -0.0899. The minimum absolute atomic E-state index is 0.0899. The monoisotopic (exact) mass is 382 g/mol. The number of fused-ring (bicyclic) bond motifs is 1. The van der Waals surface area contributed by atoms with E-state index >= 15 is 0 Å². The zero-order valence-electron chi connectivity index (χ0n) is 13.7. The van der Waals surface area contributed by atoms with E-state index in [0.717, 1.165) is 10.2 Å². The molecule has 0 aliphatic carbocycles. The highest BCUT2D eigenvalue weighted by atomic mass is 35.5. The third-order valence-electron chi connectivity index (χ3n) is 3.97. The molecule has 0 spiro atoms. The van der Waals surface area contributed by atoms with E-state index in [4.69, 9.17) is 11.6 Å². The summed E-state index contributed by atoms with van der Waals surface area (Å²) < 4.78 is 2.75. The van der Waals surface area contributed by atoms with Gasteiger partial charge in [0.2, 0.25) is 0 Å². The Morgan fingerprint density at radius 3 is 2.69 bits per heavy atom. The first-order valence-corrected chi connectivity index (χ1v) is 9.31. The lowest BCUT2D eigenvalue weighted by atomic mass is 10.2.